The summed E-state index contributed by atoms with van der Waals surface area (Å²) in [6.07, 6.45) is 10.3. The van der Waals surface area contributed by atoms with E-state index < -0.39 is 5.54 Å². The number of nitrogens with zero attached hydrogens (tertiary/aromatic N) is 3. The van der Waals surface area contributed by atoms with Gasteiger partial charge in [-0.1, -0.05) is 25.7 Å². The van der Waals surface area contributed by atoms with Gasteiger partial charge >= 0.3 is 0 Å². The molecular weight excluding hydrogens is 452 g/mol. The van der Waals surface area contributed by atoms with Gasteiger partial charge in [0.2, 0.25) is 5.91 Å². The second kappa shape index (κ2) is 10.4. The van der Waals surface area contributed by atoms with Gasteiger partial charge in [0.1, 0.15) is 17.0 Å². The molecule has 1 aromatic carbocycles. The van der Waals surface area contributed by atoms with Gasteiger partial charge in [0.25, 0.3) is 5.91 Å². The Hall–Kier alpha value is -2.54. The maximum atomic E-state index is 14.0. The van der Waals surface area contributed by atoms with Crippen molar-refractivity contribution in [1.29, 1.82) is 0 Å². The van der Waals surface area contributed by atoms with Crippen molar-refractivity contribution in [2.24, 2.45) is 0 Å². The number of hydrogen-bond donors (Lipinski definition) is 1. The lowest BCUT2D eigenvalue weighted by Gasteiger charge is -2.45. The second-order valence-electron chi connectivity index (χ2n) is 11.3. The number of methoxy groups -OCH3 is 1. The van der Waals surface area contributed by atoms with E-state index in [1.54, 1.807) is 7.11 Å². The number of piperidine rings is 1. The van der Waals surface area contributed by atoms with Crippen LogP contribution in [0.25, 0.3) is 10.9 Å². The average molecular weight is 495 g/mol. The van der Waals surface area contributed by atoms with Crippen molar-refractivity contribution in [3.05, 3.63) is 30.0 Å². The Balaban J connectivity index is 1.43. The lowest BCUT2D eigenvalue weighted by Crippen LogP contribution is -2.65. The molecule has 1 aliphatic carbocycles. The molecule has 2 atom stereocenters. The molecule has 7 nitrogen and oxygen atoms in total. The maximum absolute atomic E-state index is 14.0. The standard InChI is InChI=1S/C29H42N4O3/c1-21-10-7-8-15-31(21)16-9-17-33-27(34)26-18-22-13-14-24(36-3)19-25(22)32(26)20-29(33,2)28(35)30-23-11-5-4-6-12-23/h13-14,18-19,21,23H,4-12,15-17,20H2,1-3H3,(H,30,35)/t21-,29+/m1/s1. The number of carbonyl (C=O) groups is 2. The lowest BCUT2D eigenvalue weighted by molar-refractivity contribution is -0.133. The summed E-state index contributed by atoms with van der Waals surface area (Å²) in [5.74, 6) is 0.677. The van der Waals surface area contributed by atoms with Crippen molar-refractivity contribution in [1.82, 2.24) is 19.7 Å². The van der Waals surface area contributed by atoms with Gasteiger partial charge in [0, 0.05) is 36.6 Å². The van der Waals surface area contributed by atoms with Gasteiger partial charge in [-0.3, -0.25) is 9.59 Å². The Morgan fingerprint density at radius 1 is 1.08 bits per heavy atom. The first kappa shape index (κ1) is 25.1. The van der Waals surface area contributed by atoms with E-state index in [1.807, 2.05) is 40.7 Å². The molecule has 3 heterocycles. The first-order valence-electron chi connectivity index (χ1n) is 13.9. The Kier molecular flexibility index (Phi) is 7.29. The molecule has 0 unspecified atom stereocenters. The number of rotatable bonds is 7. The fraction of sp³-hybridized carbons (Fsp3) is 0.655. The molecule has 196 valence electrons. The molecule has 2 amide bonds. The SMILES string of the molecule is COc1ccc2cc3n(c2c1)C[C@@](C)(C(=O)NC1CCCCC1)N(CCCN1CCCC[C@H]1C)C3=O. The molecule has 5 rings (SSSR count). The van der Waals surface area contributed by atoms with E-state index in [0.29, 0.717) is 24.8 Å². The third-order valence-corrected chi connectivity index (χ3v) is 8.83. The van der Waals surface area contributed by atoms with E-state index in [0.717, 1.165) is 61.8 Å². The third-order valence-electron chi connectivity index (χ3n) is 8.83. The van der Waals surface area contributed by atoms with Crippen molar-refractivity contribution < 1.29 is 14.3 Å². The fourth-order valence-corrected chi connectivity index (χ4v) is 6.52. The molecule has 7 heteroatoms. The van der Waals surface area contributed by atoms with Crippen LogP contribution in [0.2, 0.25) is 0 Å². The summed E-state index contributed by atoms with van der Waals surface area (Å²) in [4.78, 5) is 32.3. The minimum Gasteiger partial charge on any atom is -0.497 e. The highest BCUT2D eigenvalue weighted by Crippen LogP contribution is 2.34. The summed E-state index contributed by atoms with van der Waals surface area (Å²) in [6, 6.07) is 8.65. The summed E-state index contributed by atoms with van der Waals surface area (Å²) in [5, 5.41) is 4.34. The number of fused-ring (bicyclic) bond motifs is 3. The Labute approximate surface area is 215 Å². The van der Waals surface area contributed by atoms with Crippen LogP contribution in [0.4, 0.5) is 0 Å². The number of aromatic nitrogens is 1. The van der Waals surface area contributed by atoms with Crippen LogP contribution in [0, 0.1) is 0 Å². The number of likely N-dealkylation sites (tertiary alicyclic amines) is 1. The Morgan fingerprint density at radius 3 is 2.61 bits per heavy atom. The molecule has 2 aromatic rings. The zero-order valence-corrected chi connectivity index (χ0v) is 22.2. The van der Waals surface area contributed by atoms with Crippen LogP contribution < -0.4 is 10.1 Å². The van der Waals surface area contributed by atoms with Gasteiger partial charge in [0.05, 0.1) is 19.2 Å². The molecular formula is C29H42N4O3. The highest BCUT2D eigenvalue weighted by atomic mass is 16.5. The number of amides is 2. The average Bonchev–Trinajstić information content (AvgIpc) is 3.25. The minimum atomic E-state index is -0.940. The Bertz CT molecular complexity index is 1110. The van der Waals surface area contributed by atoms with Crippen molar-refractivity contribution in [2.75, 3.05) is 26.7 Å². The molecule has 3 aliphatic rings. The molecule has 1 N–H and O–H groups in total. The molecule has 0 radical (unpaired) electrons. The zero-order valence-electron chi connectivity index (χ0n) is 22.2. The number of hydrogen-bond acceptors (Lipinski definition) is 4. The predicted molar refractivity (Wildman–Crippen MR) is 142 cm³/mol. The molecule has 1 saturated carbocycles. The van der Waals surface area contributed by atoms with E-state index >= 15 is 0 Å². The normalized spacial score (nSPS) is 25.7. The first-order valence-corrected chi connectivity index (χ1v) is 13.9. The molecule has 2 fully saturated rings. The lowest BCUT2D eigenvalue weighted by atomic mass is 9.91. The summed E-state index contributed by atoms with van der Waals surface area (Å²) in [7, 11) is 1.65. The van der Waals surface area contributed by atoms with Crippen LogP contribution in [0.5, 0.6) is 5.75 Å². The number of ether oxygens (including phenoxy) is 1. The van der Waals surface area contributed by atoms with Crippen LogP contribution >= 0.6 is 0 Å². The van der Waals surface area contributed by atoms with Gasteiger partial charge in [-0.25, -0.2) is 0 Å². The molecule has 0 bridgehead atoms. The molecule has 1 aromatic heterocycles. The van der Waals surface area contributed by atoms with E-state index in [1.165, 1.54) is 25.7 Å². The van der Waals surface area contributed by atoms with Crippen LogP contribution in [0.15, 0.2) is 24.3 Å². The fourth-order valence-electron chi connectivity index (χ4n) is 6.52. The highest BCUT2D eigenvalue weighted by molar-refractivity contribution is 6.03. The van der Waals surface area contributed by atoms with Crippen LogP contribution in [-0.2, 0) is 11.3 Å². The predicted octanol–water partition coefficient (Wildman–Crippen LogP) is 4.58. The van der Waals surface area contributed by atoms with Gasteiger partial charge in [-0.2, -0.15) is 0 Å². The van der Waals surface area contributed by atoms with E-state index in [2.05, 4.69) is 17.1 Å². The maximum Gasteiger partial charge on any atom is 0.271 e. The number of carbonyl (C=O) groups excluding carboxylic acids is 2. The van der Waals surface area contributed by atoms with Crippen LogP contribution in [-0.4, -0.2) is 70.5 Å². The van der Waals surface area contributed by atoms with Gasteiger partial charge in [-0.05, 0) is 70.7 Å². The van der Waals surface area contributed by atoms with Gasteiger partial charge < -0.3 is 24.4 Å². The quantitative estimate of drug-likeness (QED) is 0.612. The van der Waals surface area contributed by atoms with Gasteiger partial charge in [-0.15, -0.1) is 0 Å². The second-order valence-corrected chi connectivity index (χ2v) is 11.3. The largest absolute Gasteiger partial charge is 0.497 e. The minimum absolute atomic E-state index is 0.0236. The summed E-state index contributed by atoms with van der Waals surface area (Å²) >= 11 is 0. The van der Waals surface area contributed by atoms with Crippen molar-refractivity contribution >= 4 is 22.7 Å². The third kappa shape index (κ3) is 4.74. The van der Waals surface area contributed by atoms with Crippen molar-refractivity contribution in [3.63, 3.8) is 0 Å². The van der Waals surface area contributed by atoms with Gasteiger partial charge in [0.15, 0.2) is 0 Å². The topological polar surface area (TPSA) is 66.8 Å². The highest BCUT2D eigenvalue weighted by Gasteiger charge is 2.48. The summed E-state index contributed by atoms with van der Waals surface area (Å²) < 4.78 is 7.49. The van der Waals surface area contributed by atoms with E-state index in [-0.39, 0.29) is 17.9 Å². The monoisotopic (exact) mass is 494 g/mol. The van der Waals surface area contributed by atoms with E-state index in [4.69, 9.17) is 4.74 Å². The van der Waals surface area contributed by atoms with Crippen molar-refractivity contribution in [3.8, 4) is 5.75 Å². The van der Waals surface area contributed by atoms with Crippen LogP contribution in [0.3, 0.4) is 0 Å². The Morgan fingerprint density at radius 2 is 1.86 bits per heavy atom. The van der Waals surface area contributed by atoms with Crippen LogP contribution in [0.1, 0.15) is 82.1 Å². The summed E-state index contributed by atoms with van der Waals surface area (Å²) in [6.45, 7) is 7.39. The summed E-state index contributed by atoms with van der Waals surface area (Å²) in [5.41, 5.74) is 0.660. The molecule has 0 spiro atoms. The van der Waals surface area contributed by atoms with Crippen molar-refractivity contribution in [2.45, 2.75) is 95.8 Å². The first-order chi connectivity index (χ1) is 17.4. The molecule has 36 heavy (non-hydrogen) atoms. The molecule has 1 saturated heterocycles. The molecule has 2 aliphatic heterocycles. The van der Waals surface area contributed by atoms with E-state index in [9.17, 15) is 9.59 Å². The number of benzene rings is 1. The number of nitrogens with one attached hydrogen (secondary N) is 1. The smallest absolute Gasteiger partial charge is 0.271 e. The zero-order chi connectivity index (χ0) is 25.3.